The molecule has 0 saturated carbocycles. The van der Waals surface area contributed by atoms with Crippen LogP contribution in [0, 0.1) is 0 Å². The second-order valence-corrected chi connectivity index (χ2v) is 4.49. The summed E-state index contributed by atoms with van der Waals surface area (Å²) in [4.78, 5) is 51.9. The zero-order valence-corrected chi connectivity index (χ0v) is 16.6. The molecule has 0 aromatic rings. The number of hydrogen-bond acceptors (Lipinski definition) is 8. The third kappa shape index (κ3) is 11.7. The minimum absolute atomic E-state index is 0. The fourth-order valence-corrected chi connectivity index (χ4v) is 1.30. The Morgan fingerprint density at radius 3 is 0.621 bits per heavy atom. The zero-order chi connectivity index (χ0) is 21.1. The second kappa shape index (κ2) is 12.7. The van der Waals surface area contributed by atoms with E-state index in [9.17, 15) is 39.6 Å². The van der Waals surface area contributed by atoms with Gasteiger partial charge in [0.25, 0.3) is 23.6 Å². The molecule has 4 rings (SSSR count). The van der Waals surface area contributed by atoms with Crippen molar-refractivity contribution in [2.45, 2.75) is 0 Å². The summed E-state index contributed by atoms with van der Waals surface area (Å²) >= 11 is 0. The first-order valence-electron chi connectivity index (χ1n) is 7.06. The van der Waals surface area contributed by atoms with Crippen LogP contribution in [0.3, 0.4) is 0 Å². The Kier molecular flexibility index (Phi) is 11.2. The van der Waals surface area contributed by atoms with Crippen LogP contribution in [0.4, 0.5) is 0 Å². The van der Waals surface area contributed by atoms with E-state index in [-0.39, 0.29) is 26.2 Å². The van der Waals surface area contributed by atoms with E-state index in [0.717, 1.165) is 48.6 Å². The molecule has 0 N–H and O–H groups in total. The molecule has 0 unspecified atom stereocenters. The summed E-state index contributed by atoms with van der Waals surface area (Å²) in [6.07, 6.45) is 9.13. The number of carbonyl (C=O) groups excluding carboxylic acids is 4. The van der Waals surface area contributed by atoms with Gasteiger partial charge in [0, 0.05) is 24.3 Å². The maximum atomic E-state index is 9.98. The average molecular weight is 475 g/mol. The molecular weight excluding hydrogens is 467 g/mol. The van der Waals surface area contributed by atoms with Gasteiger partial charge in [-0.15, -0.1) is 0 Å². The monoisotopic (exact) mass is 474 g/mol. The number of rotatable bonds is 0. The molecule has 0 saturated heterocycles. The zero-order valence-electron chi connectivity index (χ0n) is 14.2. The molecule has 4 heterocycles. The van der Waals surface area contributed by atoms with Gasteiger partial charge in [-0.25, -0.2) is 20.0 Å². The number of amides is 4. The van der Waals surface area contributed by atoms with E-state index in [1.54, 1.807) is 0 Å². The minimum atomic E-state index is -0.454. The van der Waals surface area contributed by atoms with E-state index >= 15 is 0 Å². The Morgan fingerprint density at radius 1 is 0.414 bits per heavy atom. The van der Waals surface area contributed by atoms with Crippen molar-refractivity contribution in [3.63, 3.8) is 0 Å². The topological polar surface area (TPSA) is 210 Å². The standard InChI is InChI=1S/4C4H3NO2.Zr/c4*6-3-1-2-4(7)5-3;/h4*1-2H,(H,5,6,7);/q;;;;+4/p-4. The predicted octanol–water partition coefficient (Wildman–Crippen LogP) is -4.64. The molecule has 4 amide bonds. The van der Waals surface area contributed by atoms with Crippen molar-refractivity contribution < 1.29 is 65.8 Å². The van der Waals surface area contributed by atoms with Gasteiger partial charge in [0.1, 0.15) is 0 Å². The normalized spacial score (nSPS) is 17.1. The maximum Gasteiger partial charge on any atom is 4.00 e. The molecule has 0 aromatic carbocycles. The number of hydrogen-bond donors (Lipinski definition) is 0. The largest absolute Gasteiger partial charge is 4.00 e. The van der Waals surface area contributed by atoms with Gasteiger partial charge in [0.05, 0.1) is 0 Å². The Labute approximate surface area is 181 Å². The summed E-state index contributed by atoms with van der Waals surface area (Å²) in [7, 11) is 0. The van der Waals surface area contributed by atoms with Crippen LogP contribution in [-0.2, 0) is 45.4 Å². The van der Waals surface area contributed by atoms with E-state index in [0.29, 0.717) is 0 Å². The molecule has 0 aromatic heterocycles. The van der Waals surface area contributed by atoms with Crippen LogP contribution < -0.4 is 20.4 Å². The number of carbonyl (C=O) groups is 4. The molecule has 0 spiro atoms. The van der Waals surface area contributed by atoms with E-state index in [1.807, 2.05) is 0 Å². The van der Waals surface area contributed by atoms with Crippen molar-refractivity contribution in [2.75, 3.05) is 0 Å². The fourth-order valence-electron chi connectivity index (χ4n) is 1.30. The van der Waals surface area contributed by atoms with Crippen molar-refractivity contribution >= 4 is 47.2 Å². The Hall–Kier alpha value is -3.60. The SMILES string of the molecule is O=C1C=CC([O-])=N1.O=C1C=CC([O-])=N1.O=C1C=CC([O-])=N1.O=C1C=CC([O-])=N1.[Zr+4]. The van der Waals surface area contributed by atoms with Gasteiger partial charge in [-0.1, -0.05) is 0 Å². The summed E-state index contributed by atoms with van der Waals surface area (Å²) in [6, 6.07) is 0. The van der Waals surface area contributed by atoms with Crippen LogP contribution in [-0.4, -0.2) is 47.2 Å². The van der Waals surface area contributed by atoms with Crippen LogP contribution in [0.1, 0.15) is 0 Å². The van der Waals surface area contributed by atoms with Gasteiger partial charge < -0.3 is 20.4 Å². The summed E-state index contributed by atoms with van der Waals surface area (Å²) < 4.78 is 0. The molecular formula is C16H8N4O8Zr. The molecule has 0 atom stereocenters. The second-order valence-electron chi connectivity index (χ2n) is 4.49. The van der Waals surface area contributed by atoms with Gasteiger partial charge in [-0.3, -0.25) is 19.2 Å². The van der Waals surface area contributed by atoms with E-state index in [1.165, 1.54) is 0 Å². The van der Waals surface area contributed by atoms with E-state index in [4.69, 9.17) is 0 Å². The summed E-state index contributed by atoms with van der Waals surface area (Å²) in [6.45, 7) is 0. The minimum Gasteiger partial charge on any atom is -0.859 e. The molecule has 4 aliphatic rings. The summed E-state index contributed by atoms with van der Waals surface area (Å²) in [5, 5.41) is 39.9. The Balaban J connectivity index is 0.000000356. The van der Waals surface area contributed by atoms with Crippen LogP contribution in [0.5, 0.6) is 0 Å². The first-order chi connectivity index (χ1) is 13.2. The van der Waals surface area contributed by atoms with Crippen LogP contribution in [0.2, 0.25) is 0 Å². The Bertz CT molecular complexity index is 787. The molecule has 0 aliphatic carbocycles. The Morgan fingerprint density at radius 2 is 0.586 bits per heavy atom. The first-order valence-corrected chi connectivity index (χ1v) is 7.06. The molecule has 29 heavy (non-hydrogen) atoms. The van der Waals surface area contributed by atoms with Crippen molar-refractivity contribution in [1.29, 1.82) is 0 Å². The van der Waals surface area contributed by atoms with Gasteiger partial charge >= 0.3 is 26.2 Å². The number of nitrogens with zero attached hydrogens (tertiary/aromatic N) is 4. The van der Waals surface area contributed by atoms with Crippen molar-refractivity contribution in [3.05, 3.63) is 48.6 Å². The quantitative estimate of drug-likeness (QED) is 0.331. The predicted molar refractivity (Wildman–Crippen MR) is 86.3 cm³/mol. The van der Waals surface area contributed by atoms with Gasteiger partial charge in [0.15, 0.2) is 0 Å². The average Bonchev–Trinajstić information content (AvgIpc) is 3.37. The van der Waals surface area contributed by atoms with Gasteiger partial charge in [-0.05, 0) is 47.9 Å². The van der Waals surface area contributed by atoms with Gasteiger partial charge in [0.2, 0.25) is 0 Å². The number of aliphatic imine (C=N–C) groups is 4. The summed E-state index contributed by atoms with van der Waals surface area (Å²) in [5.41, 5.74) is 0. The van der Waals surface area contributed by atoms with Crippen LogP contribution >= 0.6 is 0 Å². The summed E-state index contributed by atoms with van der Waals surface area (Å²) in [5.74, 6) is -3.63. The van der Waals surface area contributed by atoms with Crippen LogP contribution in [0.25, 0.3) is 0 Å². The molecule has 144 valence electrons. The van der Waals surface area contributed by atoms with Crippen molar-refractivity contribution in [1.82, 2.24) is 0 Å². The van der Waals surface area contributed by atoms with Crippen LogP contribution in [0.15, 0.2) is 68.6 Å². The molecule has 0 fully saturated rings. The third-order valence-electron chi connectivity index (χ3n) is 2.36. The van der Waals surface area contributed by atoms with Crippen molar-refractivity contribution in [2.24, 2.45) is 20.0 Å². The smallest absolute Gasteiger partial charge is 0.859 e. The third-order valence-corrected chi connectivity index (χ3v) is 2.36. The molecule has 13 heteroatoms. The first kappa shape index (κ1) is 25.4. The van der Waals surface area contributed by atoms with Gasteiger partial charge in [-0.2, -0.15) is 0 Å². The van der Waals surface area contributed by atoms with E-state index in [2.05, 4.69) is 20.0 Å². The molecule has 4 aliphatic heterocycles. The van der Waals surface area contributed by atoms with Crippen molar-refractivity contribution in [3.8, 4) is 0 Å². The fraction of sp³-hybridized carbons (Fsp3) is 0. The molecule has 0 radical (unpaired) electrons. The maximum absolute atomic E-state index is 9.98. The molecule has 0 bridgehead atoms. The van der Waals surface area contributed by atoms with E-state index < -0.39 is 47.2 Å². The molecule has 12 nitrogen and oxygen atoms in total.